The zero-order valence-corrected chi connectivity index (χ0v) is 18.7. The molecule has 1 N–H and O–H groups in total. The van der Waals surface area contributed by atoms with Gasteiger partial charge in [-0.15, -0.1) is 0 Å². The monoisotopic (exact) mass is 444 g/mol. The van der Waals surface area contributed by atoms with Gasteiger partial charge in [0.05, 0.1) is 19.6 Å². The van der Waals surface area contributed by atoms with E-state index < -0.39 is 12.1 Å². The Bertz CT molecular complexity index is 1060. The van der Waals surface area contributed by atoms with Crippen LogP contribution in [0.25, 0.3) is 11.1 Å². The lowest BCUT2D eigenvalue weighted by atomic mass is 10.0. The third-order valence-electron chi connectivity index (χ3n) is 5.60. The van der Waals surface area contributed by atoms with Gasteiger partial charge in [-0.1, -0.05) is 54.6 Å². The van der Waals surface area contributed by atoms with Gasteiger partial charge in [-0.25, -0.2) is 0 Å². The van der Waals surface area contributed by atoms with Gasteiger partial charge in [0.2, 0.25) is 0 Å². The van der Waals surface area contributed by atoms with Crippen LogP contribution in [0.1, 0.15) is 12.5 Å². The van der Waals surface area contributed by atoms with Crippen molar-refractivity contribution in [2.75, 3.05) is 36.5 Å². The molecule has 0 saturated carbocycles. The Hall–Kier alpha value is -3.64. The molecule has 1 aliphatic rings. The van der Waals surface area contributed by atoms with Crippen LogP contribution in [0.3, 0.4) is 0 Å². The van der Waals surface area contributed by atoms with Crippen LogP contribution in [0.4, 0.5) is 11.4 Å². The third-order valence-corrected chi connectivity index (χ3v) is 5.60. The summed E-state index contributed by atoms with van der Waals surface area (Å²) in [6.45, 7) is 4.73. The van der Waals surface area contributed by atoms with Gasteiger partial charge in [0.25, 0.3) is 5.91 Å². The maximum Gasteiger partial charge on any atom is 0.311 e. The van der Waals surface area contributed by atoms with E-state index in [4.69, 9.17) is 9.47 Å². The highest BCUT2D eigenvalue weighted by molar-refractivity contribution is 5.95. The van der Waals surface area contributed by atoms with Crippen LogP contribution in [0.2, 0.25) is 0 Å². The molecular formula is C27H28N2O4. The summed E-state index contributed by atoms with van der Waals surface area (Å²) in [5.74, 6) is -0.797. The van der Waals surface area contributed by atoms with Gasteiger partial charge in [-0.3, -0.25) is 9.59 Å². The predicted octanol–water partition coefficient (Wildman–Crippen LogP) is 4.30. The molecule has 3 aromatic carbocycles. The van der Waals surface area contributed by atoms with Crippen LogP contribution in [-0.2, 0) is 25.5 Å². The molecule has 1 saturated heterocycles. The number of anilines is 2. The molecule has 0 spiro atoms. The Morgan fingerprint density at radius 2 is 1.55 bits per heavy atom. The first kappa shape index (κ1) is 22.6. The first-order chi connectivity index (χ1) is 16.1. The molecule has 1 atom stereocenters. The lowest BCUT2D eigenvalue weighted by Crippen LogP contribution is -2.36. The third kappa shape index (κ3) is 6.20. The second kappa shape index (κ2) is 10.8. The van der Waals surface area contributed by atoms with Gasteiger partial charge < -0.3 is 19.7 Å². The summed E-state index contributed by atoms with van der Waals surface area (Å²) in [5.41, 5.74) is 4.80. The van der Waals surface area contributed by atoms with Gasteiger partial charge in [0.1, 0.15) is 0 Å². The highest BCUT2D eigenvalue weighted by Crippen LogP contribution is 2.21. The Labute approximate surface area is 194 Å². The quantitative estimate of drug-likeness (QED) is 0.550. The summed E-state index contributed by atoms with van der Waals surface area (Å²) in [4.78, 5) is 27.1. The molecule has 0 aliphatic carbocycles. The molecule has 33 heavy (non-hydrogen) atoms. The minimum atomic E-state index is -0.889. The summed E-state index contributed by atoms with van der Waals surface area (Å²) < 4.78 is 10.7. The average Bonchev–Trinajstić information content (AvgIpc) is 2.86. The number of amides is 1. The highest BCUT2D eigenvalue weighted by Gasteiger charge is 2.18. The number of morpholine rings is 1. The minimum absolute atomic E-state index is 0.112. The Kier molecular flexibility index (Phi) is 7.37. The van der Waals surface area contributed by atoms with Gasteiger partial charge >= 0.3 is 5.97 Å². The van der Waals surface area contributed by atoms with Crippen LogP contribution in [0, 0.1) is 0 Å². The molecule has 1 heterocycles. The molecular weight excluding hydrogens is 416 g/mol. The molecule has 0 bridgehead atoms. The van der Waals surface area contributed by atoms with Crippen LogP contribution in [0.5, 0.6) is 0 Å². The van der Waals surface area contributed by atoms with Crippen LogP contribution in [0.15, 0.2) is 78.9 Å². The van der Waals surface area contributed by atoms with Crippen LogP contribution in [-0.4, -0.2) is 44.3 Å². The van der Waals surface area contributed by atoms with Gasteiger partial charge in [-0.2, -0.15) is 0 Å². The normalized spacial score (nSPS) is 14.4. The molecule has 1 amide bonds. The lowest BCUT2D eigenvalue weighted by Gasteiger charge is -2.28. The van der Waals surface area contributed by atoms with Gasteiger partial charge in [0, 0.05) is 24.5 Å². The zero-order chi connectivity index (χ0) is 23.0. The molecule has 4 rings (SSSR count). The summed E-state index contributed by atoms with van der Waals surface area (Å²) in [5, 5.41) is 2.81. The highest BCUT2D eigenvalue weighted by atomic mass is 16.5. The smallest absolute Gasteiger partial charge is 0.311 e. The van der Waals surface area contributed by atoms with E-state index in [0.29, 0.717) is 5.69 Å². The van der Waals surface area contributed by atoms with E-state index in [9.17, 15) is 9.59 Å². The van der Waals surface area contributed by atoms with Crippen molar-refractivity contribution in [1.29, 1.82) is 0 Å². The van der Waals surface area contributed by atoms with E-state index in [-0.39, 0.29) is 12.3 Å². The maximum atomic E-state index is 12.5. The number of benzene rings is 3. The number of ether oxygens (including phenoxy) is 2. The molecule has 1 aliphatic heterocycles. The average molecular weight is 445 g/mol. The Morgan fingerprint density at radius 3 is 2.21 bits per heavy atom. The number of nitrogens with zero attached hydrogens (tertiary/aromatic N) is 1. The second-order valence-corrected chi connectivity index (χ2v) is 8.01. The minimum Gasteiger partial charge on any atom is -0.452 e. The summed E-state index contributed by atoms with van der Waals surface area (Å²) in [7, 11) is 0. The van der Waals surface area contributed by atoms with Gasteiger partial charge in [-0.05, 0) is 47.9 Å². The van der Waals surface area contributed by atoms with Crippen molar-refractivity contribution in [3.8, 4) is 11.1 Å². The van der Waals surface area contributed by atoms with Crippen LogP contribution < -0.4 is 10.2 Å². The van der Waals surface area contributed by atoms with E-state index in [1.54, 1.807) is 6.92 Å². The second-order valence-electron chi connectivity index (χ2n) is 8.01. The van der Waals surface area contributed by atoms with Crippen molar-refractivity contribution in [3.05, 3.63) is 84.4 Å². The lowest BCUT2D eigenvalue weighted by molar-refractivity contribution is -0.152. The number of carbonyl (C=O) groups excluding carboxylic acids is 2. The van der Waals surface area contributed by atoms with Crippen molar-refractivity contribution in [3.63, 3.8) is 0 Å². The molecule has 0 radical (unpaired) electrons. The fourth-order valence-electron chi connectivity index (χ4n) is 3.73. The van der Waals surface area contributed by atoms with Crippen LogP contribution >= 0.6 is 0 Å². The Morgan fingerprint density at radius 1 is 0.909 bits per heavy atom. The number of nitrogens with one attached hydrogen (secondary N) is 1. The van der Waals surface area contributed by atoms with Gasteiger partial charge in [0.15, 0.2) is 6.10 Å². The van der Waals surface area contributed by atoms with E-state index in [1.807, 2.05) is 78.9 Å². The molecule has 6 heteroatoms. The first-order valence-corrected chi connectivity index (χ1v) is 11.2. The number of hydrogen-bond donors (Lipinski definition) is 1. The fraction of sp³-hybridized carbons (Fsp3) is 0.259. The number of hydrogen-bond acceptors (Lipinski definition) is 5. The summed E-state index contributed by atoms with van der Waals surface area (Å²) >= 11 is 0. The van der Waals surface area contributed by atoms with E-state index in [2.05, 4.69) is 10.2 Å². The molecule has 6 nitrogen and oxygen atoms in total. The van der Waals surface area contributed by atoms with E-state index >= 15 is 0 Å². The predicted molar refractivity (Wildman–Crippen MR) is 129 cm³/mol. The van der Waals surface area contributed by atoms with E-state index in [1.165, 1.54) is 0 Å². The number of carbonyl (C=O) groups is 2. The molecule has 1 fully saturated rings. The topological polar surface area (TPSA) is 67.9 Å². The molecule has 1 unspecified atom stereocenters. The zero-order valence-electron chi connectivity index (χ0n) is 18.7. The molecule has 0 aromatic heterocycles. The first-order valence-electron chi connectivity index (χ1n) is 11.2. The Balaban J connectivity index is 1.26. The molecule has 170 valence electrons. The SMILES string of the molecule is CC(OC(=O)Cc1ccc(-c2ccccc2)cc1)C(=O)Nc1ccc(N2CCOCC2)cc1. The standard InChI is InChI=1S/C27H28N2O4/c1-20(27(31)28-24-11-13-25(14-12-24)29-15-17-32-18-16-29)33-26(30)19-21-7-9-23(10-8-21)22-5-3-2-4-6-22/h2-14,20H,15-19H2,1H3,(H,28,31). The number of esters is 1. The van der Waals surface area contributed by atoms with Crippen molar-refractivity contribution >= 4 is 23.3 Å². The maximum absolute atomic E-state index is 12.5. The number of rotatable bonds is 7. The fourth-order valence-corrected chi connectivity index (χ4v) is 3.73. The van der Waals surface area contributed by atoms with Crippen molar-refractivity contribution in [2.24, 2.45) is 0 Å². The molecule has 3 aromatic rings. The van der Waals surface area contributed by atoms with Crippen molar-refractivity contribution < 1.29 is 19.1 Å². The largest absolute Gasteiger partial charge is 0.452 e. The van der Waals surface area contributed by atoms with Crippen molar-refractivity contribution in [1.82, 2.24) is 0 Å². The summed E-state index contributed by atoms with van der Waals surface area (Å²) in [6, 6.07) is 25.5. The van der Waals surface area contributed by atoms with Crippen molar-refractivity contribution in [2.45, 2.75) is 19.4 Å². The summed E-state index contributed by atoms with van der Waals surface area (Å²) in [6.07, 6.45) is -0.777. The van der Waals surface area contributed by atoms with E-state index in [0.717, 1.165) is 48.7 Å².